The van der Waals surface area contributed by atoms with Gasteiger partial charge in [0.1, 0.15) is 6.42 Å². The number of halogens is 6. The number of anilines is 2. The highest BCUT2D eigenvalue weighted by molar-refractivity contribution is 14.1. The number of rotatable bonds is 18. The number of carbonyl (C=O) groups excluding carboxylic acids is 4. The summed E-state index contributed by atoms with van der Waals surface area (Å²) in [6, 6.07) is 0. The Morgan fingerprint density at radius 2 is 0.831 bits per heavy atom. The number of hydrogen-bond donors (Lipinski definition) is 12. The number of carbonyl (C=O) groups is 6. The molecule has 0 aliphatic heterocycles. The molecule has 0 spiro atoms. The van der Waals surface area contributed by atoms with Crippen molar-refractivity contribution in [2.45, 2.75) is 18.6 Å². The number of nitrogens with zero attached hydrogens (tertiary/aromatic N) is 2. The Morgan fingerprint density at radius 3 is 1.05 bits per heavy atom. The zero-order valence-corrected chi connectivity index (χ0v) is 44.7. The van der Waals surface area contributed by atoms with Crippen LogP contribution >= 0.6 is 136 Å². The van der Waals surface area contributed by atoms with Crippen molar-refractivity contribution >= 4 is 182 Å². The maximum Gasteiger partial charge on any atom is 0.314 e. The Balaban J connectivity index is 0.000000981. The minimum atomic E-state index is -1.31. The van der Waals surface area contributed by atoms with Crippen LogP contribution in [0.15, 0.2) is 0 Å². The molecule has 2 aromatic rings. The Labute approximate surface area is 421 Å². The summed E-state index contributed by atoms with van der Waals surface area (Å²) >= 11 is 12.1. The molecule has 0 fully saturated rings. The van der Waals surface area contributed by atoms with Crippen LogP contribution in [0.25, 0.3) is 0 Å². The van der Waals surface area contributed by atoms with Gasteiger partial charge in [-0.2, -0.15) is 0 Å². The summed E-state index contributed by atoms with van der Waals surface area (Å²) < 4.78 is 3.64. The molecule has 0 aliphatic rings. The van der Waals surface area contributed by atoms with Crippen LogP contribution < -0.4 is 21.3 Å². The van der Waals surface area contributed by atoms with Crippen molar-refractivity contribution in [1.29, 1.82) is 0 Å². The Morgan fingerprint density at radius 1 is 0.542 bits per heavy atom. The maximum atomic E-state index is 12.9. The van der Waals surface area contributed by atoms with Gasteiger partial charge in [0, 0.05) is 61.5 Å². The minimum absolute atomic E-state index is 0.0333. The van der Waals surface area contributed by atoms with Crippen LogP contribution in [-0.2, 0) is 9.59 Å². The lowest BCUT2D eigenvalue weighted by Gasteiger charge is -2.24. The second-order valence-corrected chi connectivity index (χ2v) is 18.1. The van der Waals surface area contributed by atoms with Gasteiger partial charge in [0.25, 0.3) is 23.6 Å². The van der Waals surface area contributed by atoms with Crippen LogP contribution in [0.5, 0.6) is 0 Å². The molecule has 0 bridgehead atoms. The Bertz CT molecular complexity index is 1700. The Hall–Kier alpha value is -1.00. The lowest BCUT2D eigenvalue weighted by Crippen LogP contribution is -2.37. The highest BCUT2D eigenvalue weighted by Gasteiger charge is 2.31. The monoisotopic (exact) mass is 1510 g/mol. The molecule has 0 aliphatic carbocycles. The van der Waals surface area contributed by atoms with Gasteiger partial charge in [-0.05, 0) is 136 Å². The predicted molar refractivity (Wildman–Crippen MR) is 267 cm³/mol. The summed E-state index contributed by atoms with van der Waals surface area (Å²) in [5.74, 6) is -4.12. The van der Waals surface area contributed by atoms with E-state index in [1.165, 1.54) is 23.9 Å². The quantitative estimate of drug-likeness (QED) is 0.0730. The van der Waals surface area contributed by atoms with Gasteiger partial charge in [0.05, 0.1) is 86.5 Å². The van der Waals surface area contributed by atoms with E-state index >= 15 is 0 Å². The number of aliphatic hydroxyl groups excluding tert-OH is 6. The lowest BCUT2D eigenvalue weighted by atomic mass is 10.1. The van der Waals surface area contributed by atoms with Crippen LogP contribution in [0, 0.1) is 21.4 Å². The predicted octanol–water partition coefficient (Wildman–Crippen LogP) is 0.924. The van der Waals surface area contributed by atoms with Crippen molar-refractivity contribution in [3.05, 3.63) is 43.7 Å². The standard InChI is InChI=1S/2C15H20I3N3O5.C3H4O4/c2*1-19-13-11(17)8(14(25)20-3-4-22)10(16)9(12(13)18)15(26)21(2)5-7(24)6-23;4-2(5)1-3(6)7/h2*7,19,22-24H,3-6H2,1-2H3,(H,20,25);1H2,(H,4,5)(H,6,7). The van der Waals surface area contributed by atoms with Crippen molar-refractivity contribution in [3.8, 4) is 0 Å². The first-order valence-electron chi connectivity index (χ1n) is 16.6. The molecule has 2 aromatic carbocycles. The van der Waals surface area contributed by atoms with E-state index < -0.39 is 43.8 Å². The van der Waals surface area contributed by atoms with Crippen LogP contribution in [0.1, 0.15) is 47.9 Å². The SMILES string of the molecule is CNc1c(I)c(C(=O)NCCO)c(I)c(C(=O)N(C)CC(O)CO)c1I.CNc1c(I)c(C(=O)NCCO)c(I)c(C(=O)N(C)CC(O)CO)c1I.O=C(O)CC(=O)O. The van der Waals surface area contributed by atoms with Crippen molar-refractivity contribution in [2.24, 2.45) is 0 Å². The van der Waals surface area contributed by atoms with Gasteiger partial charge in [0.15, 0.2) is 0 Å². The van der Waals surface area contributed by atoms with Gasteiger partial charge in [0.2, 0.25) is 0 Å². The molecule has 0 radical (unpaired) electrons. The van der Waals surface area contributed by atoms with Crippen molar-refractivity contribution in [1.82, 2.24) is 20.4 Å². The molecule has 12 N–H and O–H groups in total. The number of carboxylic acids is 2. The first-order chi connectivity index (χ1) is 27.5. The Kier molecular flexibility index (Phi) is 28.9. The number of aliphatic hydroxyl groups is 6. The first kappa shape index (κ1) is 58.0. The van der Waals surface area contributed by atoms with E-state index in [1.54, 1.807) is 14.1 Å². The largest absolute Gasteiger partial charge is 0.481 e. The molecule has 0 heterocycles. The van der Waals surface area contributed by atoms with Gasteiger partial charge in [-0.1, -0.05) is 0 Å². The zero-order valence-electron chi connectivity index (χ0n) is 31.7. The van der Waals surface area contributed by atoms with Gasteiger partial charge < -0.3 is 71.9 Å². The van der Waals surface area contributed by atoms with Gasteiger partial charge in [-0.25, -0.2) is 0 Å². The molecular weight excluding hydrogens is 1470 g/mol. The van der Waals surface area contributed by atoms with E-state index in [9.17, 15) is 39.0 Å². The number of hydrogen-bond acceptors (Lipinski definition) is 14. The van der Waals surface area contributed by atoms with Crippen molar-refractivity contribution < 1.29 is 69.6 Å². The third-order valence-corrected chi connectivity index (χ3v) is 13.7. The third-order valence-electron chi connectivity index (χ3n) is 7.20. The maximum absolute atomic E-state index is 12.9. The number of aliphatic carboxylic acids is 2. The van der Waals surface area contributed by atoms with E-state index in [1.807, 2.05) is 136 Å². The number of carboxylic acid groups (broad SMARTS) is 2. The minimum Gasteiger partial charge on any atom is -0.481 e. The normalized spacial score (nSPS) is 11.4. The highest BCUT2D eigenvalue weighted by atomic mass is 127. The van der Waals surface area contributed by atoms with Crippen LogP contribution in [0.4, 0.5) is 11.4 Å². The van der Waals surface area contributed by atoms with Crippen LogP contribution in [0.3, 0.4) is 0 Å². The molecule has 0 saturated carbocycles. The number of nitrogens with one attached hydrogen (secondary N) is 4. The second-order valence-electron chi connectivity index (χ2n) is 11.6. The van der Waals surface area contributed by atoms with Crippen LogP contribution in [-0.4, -0.2) is 179 Å². The van der Waals surface area contributed by atoms with Crippen molar-refractivity contribution in [3.63, 3.8) is 0 Å². The molecule has 2 atom stereocenters. The van der Waals surface area contributed by atoms with E-state index in [0.717, 1.165) is 0 Å². The highest BCUT2D eigenvalue weighted by Crippen LogP contribution is 2.37. The zero-order chi connectivity index (χ0) is 45.9. The first-order valence-corrected chi connectivity index (χ1v) is 23.1. The molecule has 0 saturated heterocycles. The summed E-state index contributed by atoms with van der Waals surface area (Å²) in [5.41, 5.74) is 2.70. The summed E-state index contributed by atoms with van der Waals surface area (Å²) in [6.45, 7) is -1.12. The smallest absolute Gasteiger partial charge is 0.314 e. The molecule has 20 nitrogen and oxygen atoms in total. The topological polar surface area (TPSA) is 319 Å². The molecule has 59 heavy (non-hydrogen) atoms. The summed E-state index contributed by atoms with van der Waals surface area (Å²) in [7, 11) is 6.45. The summed E-state index contributed by atoms with van der Waals surface area (Å²) in [6.07, 6.45) is -2.89. The molecule has 332 valence electrons. The summed E-state index contributed by atoms with van der Waals surface area (Å²) in [4.78, 5) is 72.4. The second kappa shape index (κ2) is 29.4. The lowest BCUT2D eigenvalue weighted by molar-refractivity contribution is -0.147. The van der Waals surface area contributed by atoms with E-state index in [2.05, 4.69) is 21.3 Å². The summed E-state index contributed by atoms with van der Waals surface area (Å²) in [5, 5.41) is 81.7. The van der Waals surface area contributed by atoms with Crippen LogP contribution in [0.2, 0.25) is 0 Å². The van der Waals surface area contributed by atoms with E-state index in [-0.39, 0.29) is 63.0 Å². The van der Waals surface area contributed by atoms with Gasteiger partial charge >= 0.3 is 11.9 Å². The third kappa shape index (κ3) is 17.6. The number of benzene rings is 2. The average molecular weight is 1510 g/mol. The molecular formula is C33H44I6N6O14. The van der Waals surface area contributed by atoms with Gasteiger partial charge in [-0.15, -0.1) is 0 Å². The fraction of sp³-hybridized carbons (Fsp3) is 0.455. The molecule has 26 heteroatoms. The van der Waals surface area contributed by atoms with E-state index in [0.29, 0.717) is 55.0 Å². The molecule has 0 aromatic heterocycles. The van der Waals surface area contributed by atoms with Crippen molar-refractivity contribution in [2.75, 3.05) is 91.4 Å². The number of amides is 4. The molecule has 2 unspecified atom stereocenters. The van der Waals surface area contributed by atoms with E-state index in [4.69, 9.17) is 30.6 Å². The number of likely N-dealkylation sites (N-methyl/N-ethyl adjacent to an activating group) is 2. The molecule has 4 amide bonds. The average Bonchev–Trinajstić information content (AvgIpc) is 3.16. The fourth-order valence-corrected chi connectivity index (χ4v) is 13.8. The van der Waals surface area contributed by atoms with Gasteiger partial charge in [-0.3, -0.25) is 28.8 Å². The fourth-order valence-electron chi connectivity index (χ4n) is 4.48. The molecule has 2 rings (SSSR count).